The molecule has 1 amide bonds. The van der Waals surface area contributed by atoms with Crippen molar-refractivity contribution in [3.05, 3.63) is 94.4 Å². The highest BCUT2D eigenvalue weighted by Crippen LogP contribution is 2.30. The summed E-state index contributed by atoms with van der Waals surface area (Å²) in [6.45, 7) is 0.865. The monoisotopic (exact) mass is 463 g/mol. The van der Waals surface area contributed by atoms with Gasteiger partial charge in [-0.25, -0.2) is 0 Å². The van der Waals surface area contributed by atoms with Crippen LogP contribution in [0.3, 0.4) is 0 Å². The average molecular weight is 464 g/mol. The second-order valence-electron chi connectivity index (χ2n) is 6.97. The molecular weight excluding hydrogens is 442 g/mol. The first kappa shape index (κ1) is 21.9. The smallest absolute Gasteiger partial charge is 0.263 e. The van der Waals surface area contributed by atoms with E-state index in [-0.39, 0.29) is 5.91 Å². The van der Waals surface area contributed by atoms with Crippen LogP contribution in [0.15, 0.2) is 77.7 Å². The van der Waals surface area contributed by atoms with E-state index in [1.165, 1.54) is 11.8 Å². The number of benzene rings is 3. The van der Waals surface area contributed by atoms with Crippen molar-refractivity contribution in [2.24, 2.45) is 0 Å². The average Bonchev–Trinajstić information content (AvgIpc) is 3.14. The van der Waals surface area contributed by atoms with E-state index >= 15 is 0 Å². The van der Waals surface area contributed by atoms with E-state index in [4.69, 9.17) is 26.4 Å². The van der Waals surface area contributed by atoms with Crippen molar-refractivity contribution in [2.75, 3.05) is 7.11 Å². The minimum atomic E-state index is -0.162. The first-order valence-corrected chi connectivity index (χ1v) is 11.1. The Morgan fingerprint density at radius 3 is 2.34 bits per heavy atom. The Hall–Kier alpha value is -3.29. The summed E-state index contributed by atoms with van der Waals surface area (Å²) in [5, 5.41) is 2.61. The lowest BCUT2D eigenvalue weighted by Gasteiger charge is -2.13. The second-order valence-corrected chi connectivity index (χ2v) is 8.69. The van der Waals surface area contributed by atoms with E-state index in [9.17, 15) is 4.79 Å². The second kappa shape index (κ2) is 10.3. The molecule has 0 aromatic heterocycles. The van der Waals surface area contributed by atoms with Crippen molar-refractivity contribution < 1.29 is 19.0 Å². The minimum absolute atomic E-state index is 0.162. The number of rotatable bonds is 8. The zero-order valence-corrected chi connectivity index (χ0v) is 19.0. The number of amides is 1. The van der Waals surface area contributed by atoms with Gasteiger partial charge in [-0.15, -0.1) is 0 Å². The Kier molecular flexibility index (Phi) is 7.09. The van der Waals surface area contributed by atoms with Crippen molar-refractivity contribution in [1.29, 1.82) is 0 Å². The maximum atomic E-state index is 11.8. The quantitative estimate of drug-likeness (QED) is 0.359. The van der Waals surface area contributed by atoms with E-state index in [0.717, 1.165) is 22.4 Å². The molecule has 4 rings (SSSR count). The van der Waals surface area contributed by atoms with Crippen molar-refractivity contribution in [3.63, 3.8) is 0 Å². The van der Waals surface area contributed by atoms with Gasteiger partial charge in [-0.2, -0.15) is 0 Å². The lowest BCUT2D eigenvalue weighted by Crippen LogP contribution is -2.17. The molecule has 0 aliphatic carbocycles. The number of thioether (sulfide) groups is 1. The highest BCUT2D eigenvalue weighted by molar-refractivity contribution is 8.26. The number of methoxy groups -OCH3 is 1. The molecule has 1 N–H and O–H groups in total. The third-order valence-electron chi connectivity index (χ3n) is 4.69. The van der Waals surface area contributed by atoms with Crippen LogP contribution in [0.2, 0.25) is 0 Å². The van der Waals surface area contributed by atoms with E-state index in [2.05, 4.69) is 5.32 Å². The molecule has 1 saturated heterocycles. The van der Waals surface area contributed by atoms with E-state index in [0.29, 0.717) is 33.9 Å². The number of hydrogen-bond donors (Lipinski definition) is 1. The highest BCUT2D eigenvalue weighted by atomic mass is 32.2. The molecule has 0 atom stereocenters. The molecule has 0 radical (unpaired) electrons. The summed E-state index contributed by atoms with van der Waals surface area (Å²) in [4.78, 5) is 12.4. The first-order chi connectivity index (χ1) is 15.6. The molecule has 1 aliphatic rings. The van der Waals surface area contributed by atoms with Crippen LogP contribution >= 0.6 is 24.0 Å². The van der Waals surface area contributed by atoms with Crippen LogP contribution in [0.5, 0.6) is 17.2 Å². The zero-order valence-electron chi connectivity index (χ0n) is 17.4. The number of thiocarbonyl (C=S) groups is 1. The van der Waals surface area contributed by atoms with Crippen molar-refractivity contribution in [2.45, 2.75) is 13.2 Å². The van der Waals surface area contributed by atoms with Gasteiger partial charge in [0.2, 0.25) is 0 Å². The lowest BCUT2D eigenvalue weighted by molar-refractivity contribution is -0.115. The van der Waals surface area contributed by atoms with Crippen LogP contribution in [0.1, 0.15) is 16.7 Å². The largest absolute Gasteiger partial charge is 0.493 e. The molecule has 3 aromatic rings. The highest BCUT2D eigenvalue weighted by Gasteiger charge is 2.21. The normalized spacial score (nSPS) is 14.3. The molecule has 0 bridgehead atoms. The summed E-state index contributed by atoms with van der Waals surface area (Å²) in [5.74, 6) is 1.92. The Labute approximate surface area is 196 Å². The van der Waals surface area contributed by atoms with E-state index < -0.39 is 0 Å². The van der Waals surface area contributed by atoms with Gasteiger partial charge >= 0.3 is 0 Å². The molecule has 3 aromatic carbocycles. The maximum Gasteiger partial charge on any atom is 0.263 e. The summed E-state index contributed by atoms with van der Waals surface area (Å²) in [5.41, 5.74) is 2.96. The fourth-order valence-corrected chi connectivity index (χ4v) is 4.10. The van der Waals surface area contributed by atoms with Gasteiger partial charge in [-0.1, -0.05) is 72.5 Å². The molecule has 1 aliphatic heterocycles. The van der Waals surface area contributed by atoms with Crippen molar-refractivity contribution >= 4 is 40.3 Å². The fraction of sp³-hybridized carbons (Fsp3) is 0.120. The van der Waals surface area contributed by atoms with E-state index in [1.807, 2.05) is 78.9 Å². The van der Waals surface area contributed by atoms with Gasteiger partial charge in [-0.05, 0) is 47.0 Å². The van der Waals surface area contributed by atoms with Crippen LogP contribution in [-0.2, 0) is 18.0 Å². The summed E-state index contributed by atoms with van der Waals surface area (Å²) in [6, 6.07) is 23.3. The van der Waals surface area contributed by atoms with Crippen LogP contribution in [0, 0.1) is 0 Å². The number of ether oxygens (including phenoxy) is 3. The summed E-state index contributed by atoms with van der Waals surface area (Å²) >= 11 is 6.27. The third-order valence-corrected chi connectivity index (χ3v) is 5.85. The number of nitrogens with one attached hydrogen (secondary N) is 1. The topological polar surface area (TPSA) is 56.8 Å². The molecule has 0 unspecified atom stereocenters. The molecule has 1 heterocycles. The van der Waals surface area contributed by atoms with Gasteiger partial charge in [0.25, 0.3) is 5.91 Å². The summed E-state index contributed by atoms with van der Waals surface area (Å²) in [6.07, 6.45) is 1.81. The Morgan fingerprint density at radius 1 is 0.906 bits per heavy atom. The van der Waals surface area contributed by atoms with Gasteiger partial charge in [0, 0.05) is 0 Å². The maximum absolute atomic E-state index is 11.8. The lowest BCUT2D eigenvalue weighted by atomic mass is 10.2. The van der Waals surface area contributed by atoms with Gasteiger partial charge in [0.1, 0.15) is 23.3 Å². The molecule has 5 nitrogen and oxygen atoms in total. The van der Waals surface area contributed by atoms with Crippen molar-refractivity contribution in [3.8, 4) is 17.2 Å². The predicted molar refractivity (Wildman–Crippen MR) is 131 cm³/mol. The van der Waals surface area contributed by atoms with Crippen LogP contribution < -0.4 is 19.5 Å². The molecule has 0 saturated carbocycles. The molecule has 1 fully saturated rings. The van der Waals surface area contributed by atoms with Gasteiger partial charge in [0.05, 0.1) is 12.0 Å². The Balaban J connectivity index is 1.35. The molecular formula is C25H21NO4S2. The minimum Gasteiger partial charge on any atom is -0.493 e. The standard InChI is InChI=1S/C25H21NO4S2/c1-28-22-13-19(9-12-21(22)30-15-18-5-3-2-4-6-18)16-29-20-10-7-17(8-11-20)14-23-24(27)26-25(31)32-23/h2-14H,15-16H2,1H3,(H,26,27,31)/b23-14+. The van der Waals surface area contributed by atoms with Gasteiger partial charge < -0.3 is 19.5 Å². The van der Waals surface area contributed by atoms with Crippen LogP contribution in [0.25, 0.3) is 6.08 Å². The Bertz CT molecular complexity index is 1140. The van der Waals surface area contributed by atoms with Crippen molar-refractivity contribution in [1.82, 2.24) is 5.32 Å². The summed E-state index contributed by atoms with van der Waals surface area (Å²) < 4.78 is 17.8. The van der Waals surface area contributed by atoms with E-state index in [1.54, 1.807) is 7.11 Å². The third kappa shape index (κ3) is 5.69. The Morgan fingerprint density at radius 2 is 1.66 bits per heavy atom. The molecule has 0 spiro atoms. The van der Waals surface area contributed by atoms with Gasteiger partial charge in [-0.3, -0.25) is 4.79 Å². The number of carbonyl (C=O) groups excluding carboxylic acids is 1. The predicted octanol–water partition coefficient (Wildman–Crippen LogP) is 5.34. The molecule has 162 valence electrons. The molecule has 7 heteroatoms. The van der Waals surface area contributed by atoms with Crippen LogP contribution in [0.4, 0.5) is 0 Å². The first-order valence-electron chi connectivity index (χ1n) is 9.92. The number of carbonyl (C=O) groups is 1. The molecule has 32 heavy (non-hydrogen) atoms. The fourth-order valence-electron chi connectivity index (χ4n) is 3.06. The SMILES string of the molecule is COc1cc(COc2ccc(/C=C3/SC(=S)NC3=O)cc2)ccc1OCc1ccccc1. The van der Waals surface area contributed by atoms with Gasteiger partial charge in [0.15, 0.2) is 11.5 Å². The summed E-state index contributed by atoms with van der Waals surface area (Å²) in [7, 11) is 1.62. The van der Waals surface area contributed by atoms with Crippen LogP contribution in [-0.4, -0.2) is 17.3 Å². The zero-order chi connectivity index (χ0) is 22.3. The number of hydrogen-bond acceptors (Lipinski definition) is 6.